The molecule has 1 unspecified atom stereocenters. The number of benzene rings is 2. The van der Waals surface area contributed by atoms with Crippen LogP contribution in [0.1, 0.15) is 39.0 Å². The van der Waals surface area contributed by atoms with Gasteiger partial charge in [0.1, 0.15) is 12.4 Å². The SMILES string of the molecule is COCCOc1ccc(-c2cccc(N3CCC(C(=O)NC4(C)CCN5CCC4CC5)CC3)c2)cc1. The van der Waals surface area contributed by atoms with Crippen LogP contribution in [0.15, 0.2) is 48.5 Å². The van der Waals surface area contributed by atoms with Gasteiger partial charge in [-0.25, -0.2) is 0 Å². The number of piperidine rings is 2. The maximum atomic E-state index is 13.3. The number of ether oxygens (including phenoxy) is 2. The first-order valence-electron chi connectivity index (χ1n) is 13.7. The fraction of sp³-hybridized carbons (Fsp3) is 0.567. The third kappa shape index (κ3) is 5.70. The van der Waals surface area contributed by atoms with E-state index in [-0.39, 0.29) is 17.4 Å². The van der Waals surface area contributed by atoms with Gasteiger partial charge in [-0.2, -0.15) is 0 Å². The van der Waals surface area contributed by atoms with Crippen molar-refractivity contribution in [3.63, 3.8) is 0 Å². The van der Waals surface area contributed by atoms with E-state index in [1.54, 1.807) is 7.11 Å². The molecule has 4 aliphatic rings. The van der Waals surface area contributed by atoms with Crippen LogP contribution in [0.3, 0.4) is 0 Å². The van der Waals surface area contributed by atoms with Crippen molar-refractivity contribution < 1.29 is 14.3 Å². The van der Waals surface area contributed by atoms with Crippen molar-refractivity contribution in [3.05, 3.63) is 48.5 Å². The third-order valence-electron chi connectivity index (χ3n) is 8.67. The van der Waals surface area contributed by atoms with Gasteiger partial charge < -0.3 is 24.6 Å². The summed E-state index contributed by atoms with van der Waals surface area (Å²) in [6.07, 6.45) is 5.34. The van der Waals surface area contributed by atoms with Crippen molar-refractivity contribution in [2.75, 3.05) is 57.9 Å². The normalized spacial score (nSPS) is 26.4. The summed E-state index contributed by atoms with van der Waals surface area (Å²) in [5.74, 6) is 1.87. The van der Waals surface area contributed by atoms with Crippen LogP contribution in [0.25, 0.3) is 11.1 Å². The number of rotatable bonds is 8. The molecule has 2 bridgehead atoms. The number of hydrogen-bond acceptors (Lipinski definition) is 5. The summed E-state index contributed by atoms with van der Waals surface area (Å²) in [5.41, 5.74) is 3.56. The monoisotopic (exact) mass is 491 g/mol. The molecule has 2 aromatic rings. The predicted molar refractivity (Wildman–Crippen MR) is 145 cm³/mol. The van der Waals surface area contributed by atoms with Crippen molar-refractivity contribution in [1.82, 2.24) is 10.2 Å². The lowest BCUT2D eigenvalue weighted by atomic mass is 9.78. The molecular formula is C30H41N3O3. The molecule has 0 spiro atoms. The minimum absolute atomic E-state index is 0.0435. The van der Waals surface area contributed by atoms with Gasteiger partial charge in [0.15, 0.2) is 0 Å². The van der Waals surface area contributed by atoms with Crippen LogP contribution in [0.5, 0.6) is 5.75 Å². The molecule has 194 valence electrons. The lowest BCUT2D eigenvalue weighted by Gasteiger charge is -2.40. The second kappa shape index (κ2) is 11.2. The number of amides is 1. The highest BCUT2D eigenvalue weighted by Crippen LogP contribution is 2.36. The molecule has 6 nitrogen and oxygen atoms in total. The smallest absolute Gasteiger partial charge is 0.223 e. The summed E-state index contributed by atoms with van der Waals surface area (Å²) in [6, 6.07) is 17.0. The average Bonchev–Trinajstić information content (AvgIpc) is 3.17. The van der Waals surface area contributed by atoms with Gasteiger partial charge in [-0.15, -0.1) is 0 Å². The number of carbonyl (C=O) groups excluding carboxylic acids is 1. The molecule has 2 aromatic carbocycles. The molecule has 4 heterocycles. The van der Waals surface area contributed by atoms with E-state index >= 15 is 0 Å². The van der Waals surface area contributed by atoms with Crippen LogP contribution in [0.4, 0.5) is 5.69 Å². The van der Waals surface area contributed by atoms with E-state index in [0.717, 1.165) is 44.6 Å². The molecule has 1 N–H and O–H groups in total. The summed E-state index contributed by atoms with van der Waals surface area (Å²) in [5, 5.41) is 3.54. The molecule has 4 fully saturated rings. The van der Waals surface area contributed by atoms with E-state index in [4.69, 9.17) is 9.47 Å². The first kappa shape index (κ1) is 25.1. The van der Waals surface area contributed by atoms with Crippen molar-refractivity contribution in [2.45, 2.75) is 44.6 Å². The number of carbonyl (C=O) groups is 1. The summed E-state index contributed by atoms with van der Waals surface area (Å²) in [4.78, 5) is 18.3. The van der Waals surface area contributed by atoms with E-state index < -0.39 is 0 Å². The van der Waals surface area contributed by atoms with E-state index in [1.807, 2.05) is 12.1 Å². The molecule has 0 aromatic heterocycles. The second-order valence-electron chi connectivity index (χ2n) is 10.9. The quantitative estimate of drug-likeness (QED) is 0.548. The number of nitrogens with one attached hydrogen (secondary N) is 1. The van der Waals surface area contributed by atoms with Crippen LogP contribution < -0.4 is 15.0 Å². The van der Waals surface area contributed by atoms with Crippen LogP contribution in [0.2, 0.25) is 0 Å². The summed E-state index contributed by atoms with van der Waals surface area (Å²) in [7, 11) is 1.68. The van der Waals surface area contributed by atoms with Crippen LogP contribution in [-0.2, 0) is 9.53 Å². The maximum absolute atomic E-state index is 13.3. The second-order valence-corrected chi connectivity index (χ2v) is 10.9. The minimum atomic E-state index is -0.0435. The molecule has 1 amide bonds. The summed E-state index contributed by atoms with van der Waals surface area (Å²) < 4.78 is 10.7. The molecule has 36 heavy (non-hydrogen) atoms. The van der Waals surface area contributed by atoms with Gasteiger partial charge in [0.25, 0.3) is 0 Å². The fourth-order valence-corrected chi connectivity index (χ4v) is 6.20. The van der Waals surface area contributed by atoms with Gasteiger partial charge in [-0.3, -0.25) is 4.79 Å². The van der Waals surface area contributed by atoms with Gasteiger partial charge in [-0.05, 0) is 93.4 Å². The van der Waals surface area contributed by atoms with Gasteiger partial charge in [0, 0.05) is 43.9 Å². The Balaban J connectivity index is 1.16. The highest BCUT2D eigenvalue weighted by atomic mass is 16.5. The van der Waals surface area contributed by atoms with E-state index in [0.29, 0.717) is 19.1 Å². The lowest BCUT2D eigenvalue weighted by Crippen LogP contribution is -2.54. The largest absolute Gasteiger partial charge is 0.491 e. The van der Waals surface area contributed by atoms with Crippen LogP contribution in [0, 0.1) is 11.8 Å². The van der Waals surface area contributed by atoms with Crippen LogP contribution in [-0.4, -0.2) is 69.4 Å². The number of anilines is 1. The van der Waals surface area contributed by atoms with E-state index in [9.17, 15) is 4.79 Å². The first-order chi connectivity index (χ1) is 17.5. The Morgan fingerprint density at radius 2 is 1.69 bits per heavy atom. The minimum Gasteiger partial charge on any atom is -0.491 e. The fourth-order valence-electron chi connectivity index (χ4n) is 6.20. The molecule has 0 aliphatic carbocycles. The molecule has 6 rings (SSSR count). The third-order valence-corrected chi connectivity index (χ3v) is 8.67. The van der Waals surface area contributed by atoms with Crippen molar-refractivity contribution >= 4 is 11.6 Å². The van der Waals surface area contributed by atoms with E-state index in [1.165, 1.54) is 42.7 Å². The number of fused-ring (bicyclic) bond motifs is 4. The standard InChI is InChI=1S/C30H41N3O3/c1-30(14-19-32-15-12-26(30)13-16-32)31-29(34)24-10-17-33(18-11-24)27-5-3-4-25(22-27)23-6-8-28(9-7-23)36-21-20-35-2/h3-9,22,24,26H,10-21H2,1-2H3,(H,31,34). The maximum Gasteiger partial charge on any atom is 0.223 e. The van der Waals surface area contributed by atoms with Gasteiger partial charge in [0.05, 0.1) is 6.61 Å². The van der Waals surface area contributed by atoms with Crippen molar-refractivity contribution in [1.29, 1.82) is 0 Å². The van der Waals surface area contributed by atoms with Crippen molar-refractivity contribution in [3.8, 4) is 16.9 Å². The topological polar surface area (TPSA) is 54.0 Å². The van der Waals surface area contributed by atoms with Crippen LogP contribution >= 0.6 is 0 Å². The molecule has 4 saturated heterocycles. The molecule has 0 radical (unpaired) electrons. The molecule has 1 atom stereocenters. The Labute approximate surface area is 215 Å². The van der Waals surface area contributed by atoms with E-state index in [2.05, 4.69) is 58.4 Å². The zero-order valence-electron chi connectivity index (χ0n) is 21.9. The molecular weight excluding hydrogens is 450 g/mol. The Morgan fingerprint density at radius 1 is 0.944 bits per heavy atom. The molecule has 0 saturated carbocycles. The lowest BCUT2D eigenvalue weighted by molar-refractivity contribution is -0.128. The number of nitrogens with zero attached hydrogens (tertiary/aromatic N) is 2. The van der Waals surface area contributed by atoms with Gasteiger partial charge >= 0.3 is 0 Å². The Morgan fingerprint density at radius 3 is 2.42 bits per heavy atom. The van der Waals surface area contributed by atoms with Gasteiger partial charge in [0.2, 0.25) is 5.91 Å². The molecule has 6 heteroatoms. The number of methoxy groups -OCH3 is 1. The average molecular weight is 492 g/mol. The number of hydrogen-bond donors (Lipinski definition) is 1. The Bertz CT molecular complexity index is 1010. The highest BCUT2D eigenvalue weighted by molar-refractivity contribution is 5.80. The van der Waals surface area contributed by atoms with Gasteiger partial charge in [-0.1, -0.05) is 24.3 Å². The Hall–Kier alpha value is -2.57. The zero-order chi connectivity index (χ0) is 25.0. The molecule has 4 aliphatic heterocycles. The summed E-state index contributed by atoms with van der Waals surface area (Å²) in [6.45, 7) is 8.77. The first-order valence-corrected chi connectivity index (χ1v) is 13.7. The zero-order valence-corrected chi connectivity index (χ0v) is 21.9. The Kier molecular flexibility index (Phi) is 7.82. The highest BCUT2D eigenvalue weighted by Gasteiger charge is 2.42. The summed E-state index contributed by atoms with van der Waals surface area (Å²) >= 11 is 0. The van der Waals surface area contributed by atoms with Crippen molar-refractivity contribution in [2.24, 2.45) is 11.8 Å². The predicted octanol–water partition coefficient (Wildman–Crippen LogP) is 4.59.